The molecule has 0 saturated heterocycles. The summed E-state index contributed by atoms with van der Waals surface area (Å²) < 4.78 is 5.54. The Morgan fingerprint density at radius 1 is 1.26 bits per heavy atom. The van der Waals surface area contributed by atoms with E-state index < -0.39 is 5.91 Å². The third kappa shape index (κ3) is 3.35. The highest BCUT2D eigenvalue weighted by molar-refractivity contribution is 7.98. The summed E-state index contributed by atoms with van der Waals surface area (Å²) in [6, 6.07) is 7.96. The number of rotatable bonds is 4. The van der Waals surface area contributed by atoms with Crippen molar-refractivity contribution in [2.45, 2.75) is 5.16 Å². The zero-order valence-corrected chi connectivity index (χ0v) is 11.0. The van der Waals surface area contributed by atoms with Crippen LogP contribution in [0.2, 0.25) is 0 Å². The van der Waals surface area contributed by atoms with Crippen molar-refractivity contribution < 1.29 is 9.53 Å². The lowest BCUT2D eigenvalue weighted by atomic mass is 10.2. The van der Waals surface area contributed by atoms with E-state index in [9.17, 15) is 4.79 Å². The fraction of sp³-hybridized carbons (Fsp3) is 0.0833. The molecule has 0 aliphatic heterocycles. The minimum absolute atomic E-state index is 0.336. The first kappa shape index (κ1) is 13.2. The van der Waals surface area contributed by atoms with E-state index >= 15 is 0 Å². The van der Waals surface area contributed by atoms with Gasteiger partial charge in [0, 0.05) is 11.6 Å². The second-order valence-corrected chi connectivity index (χ2v) is 4.38. The van der Waals surface area contributed by atoms with E-state index in [2.05, 4.69) is 9.97 Å². The molecular weight excluding hydrogens is 264 g/mol. The molecule has 1 heterocycles. The van der Waals surface area contributed by atoms with Crippen LogP contribution < -0.4 is 16.2 Å². The number of amides is 1. The van der Waals surface area contributed by atoms with Gasteiger partial charge in [0.2, 0.25) is 11.8 Å². The highest BCUT2D eigenvalue weighted by atomic mass is 32.2. The largest absolute Gasteiger partial charge is 0.439 e. The number of aromatic nitrogens is 2. The third-order valence-corrected chi connectivity index (χ3v) is 2.79. The van der Waals surface area contributed by atoms with Crippen molar-refractivity contribution in [3.8, 4) is 11.6 Å². The topological polar surface area (TPSA) is 104 Å². The van der Waals surface area contributed by atoms with Crippen LogP contribution in [0.5, 0.6) is 11.6 Å². The van der Waals surface area contributed by atoms with Crippen molar-refractivity contribution in [1.29, 1.82) is 0 Å². The first-order chi connectivity index (χ1) is 9.08. The van der Waals surface area contributed by atoms with Gasteiger partial charge < -0.3 is 16.2 Å². The van der Waals surface area contributed by atoms with Crippen LogP contribution in [0.25, 0.3) is 0 Å². The molecule has 0 atom stereocenters. The van der Waals surface area contributed by atoms with Crippen molar-refractivity contribution in [3.63, 3.8) is 0 Å². The van der Waals surface area contributed by atoms with Crippen molar-refractivity contribution >= 4 is 23.5 Å². The summed E-state index contributed by atoms with van der Waals surface area (Å²) in [7, 11) is 0. The number of thioether (sulfide) groups is 1. The Morgan fingerprint density at radius 3 is 2.53 bits per heavy atom. The number of nitrogens with zero attached hydrogens (tertiary/aromatic N) is 2. The second-order valence-electron chi connectivity index (χ2n) is 3.61. The van der Waals surface area contributed by atoms with Crippen LogP contribution in [0, 0.1) is 0 Å². The summed E-state index contributed by atoms with van der Waals surface area (Å²) in [5, 5.41) is 0.531. The van der Waals surface area contributed by atoms with Crippen LogP contribution >= 0.6 is 11.8 Å². The Morgan fingerprint density at radius 2 is 1.95 bits per heavy atom. The SMILES string of the molecule is CSc1nc(N)cc(Oc2ccc(C(N)=O)cc2)n1. The molecule has 0 aliphatic carbocycles. The Balaban J connectivity index is 2.21. The Hall–Kier alpha value is -2.28. The van der Waals surface area contributed by atoms with Gasteiger partial charge in [-0.05, 0) is 30.5 Å². The Bertz CT molecular complexity index is 601. The molecule has 2 rings (SSSR count). The van der Waals surface area contributed by atoms with E-state index in [1.165, 1.54) is 17.8 Å². The lowest BCUT2D eigenvalue weighted by Crippen LogP contribution is -2.10. The van der Waals surface area contributed by atoms with Crippen molar-refractivity contribution in [2.24, 2.45) is 5.73 Å². The predicted octanol–water partition coefficient (Wildman–Crippen LogP) is 1.67. The van der Waals surface area contributed by atoms with E-state index in [0.29, 0.717) is 28.2 Å². The summed E-state index contributed by atoms with van der Waals surface area (Å²) in [6.45, 7) is 0. The molecule has 1 aromatic heterocycles. The number of anilines is 1. The quantitative estimate of drug-likeness (QED) is 0.650. The maximum Gasteiger partial charge on any atom is 0.248 e. The molecule has 1 amide bonds. The molecule has 0 bridgehead atoms. The molecule has 19 heavy (non-hydrogen) atoms. The van der Waals surface area contributed by atoms with Gasteiger partial charge in [0.1, 0.15) is 11.6 Å². The van der Waals surface area contributed by atoms with Crippen molar-refractivity contribution in [3.05, 3.63) is 35.9 Å². The van der Waals surface area contributed by atoms with Crippen LogP contribution in [0.15, 0.2) is 35.5 Å². The molecule has 0 unspecified atom stereocenters. The molecule has 0 radical (unpaired) electrons. The maximum absolute atomic E-state index is 10.9. The van der Waals surface area contributed by atoms with Crippen LogP contribution in [-0.4, -0.2) is 22.1 Å². The molecule has 98 valence electrons. The summed E-state index contributed by atoms with van der Waals surface area (Å²) in [4.78, 5) is 19.1. The predicted molar refractivity (Wildman–Crippen MR) is 73.3 cm³/mol. The van der Waals surface area contributed by atoms with Crippen LogP contribution in [0.3, 0.4) is 0 Å². The standard InChI is InChI=1S/C12H12N4O2S/c1-19-12-15-9(13)6-10(16-12)18-8-4-2-7(3-5-8)11(14)17/h2-6H,1H3,(H2,14,17)(H2,13,15,16). The van der Waals surface area contributed by atoms with Gasteiger partial charge in [0.25, 0.3) is 0 Å². The number of hydrogen-bond acceptors (Lipinski definition) is 6. The van der Waals surface area contributed by atoms with Gasteiger partial charge in [0.15, 0.2) is 5.16 Å². The maximum atomic E-state index is 10.9. The number of carbonyl (C=O) groups excluding carboxylic acids is 1. The average Bonchev–Trinajstić information content (AvgIpc) is 2.38. The van der Waals surface area contributed by atoms with Gasteiger partial charge in [0.05, 0.1) is 0 Å². The molecule has 4 N–H and O–H groups in total. The van der Waals surface area contributed by atoms with Gasteiger partial charge in [-0.3, -0.25) is 4.79 Å². The van der Waals surface area contributed by atoms with Crippen LogP contribution in [0.1, 0.15) is 10.4 Å². The fourth-order valence-corrected chi connectivity index (χ4v) is 1.75. The van der Waals surface area contributed by atoms with E-state index in [1.54, 1.807) is 24.3 Å². The number of nitrogen functional groups attached to an aromatic ring is 1. The zero-order valence-electron chi connectivity index (χ0n) is 10.2. The molecule has 0 spiro atoms. The number of benzene rings is 1. The monoisotopic (exact) mass is 276 g/mol. The minimum atomic E-state index is -0.484. The summed E-state index contributed by atoms with van der Waals surface area (Å²) in [5.74, 6) is 0.740. The zero-order chi connectivity index (χ0) is 13.8. The van der Waals surface area contributed by atoms with Gasteiger partial charge >= 0.3 is 0 Å². The highest BCUT2D eigenvalue weighted by Gasteiger charge is 2.05. The normalized spacial score (nSPS) is 10.2. The molecule has 0 aliphatic rings. The molecule has 7 heteroatoms. The summed E-state index contributed by atoms with van der Waals surface area (Å²) in [6.07, 6.45) is 1.85. The minimum Gasteiger partial charge on any atom is -0.439 e. The number of ether oxygens (including phenoxy) is 1. The lowest BCUT2D eigenvalue weighted by Gasteiger charge is -2.06. The molecular formula is C12H12N4O2S. The van der Waals surface area contributed by atoms with Gasteiger partial charge in [-0.2, -0.15) is 4.98 Å². The van der Waals surface area contributed by atoms with Crippen LogP contribution in [-0.2, 0) is 0 Å². The molecule has 6 nitrogen and oxygen atoms in total. The Kier molecular flexibility index (Phi) is 3.86. The van der Waals surface area contributed by atoms with E-state index in [4.69, 9.17) is 16.2 Å². The second kappa shape index (κ2) is 5.57. The number of primary amides is 1. The Labute approximate surface area is 114 Å². The smallest absolute Gasteiger partial charge is 0.248 e. The van der Waals surface area contributed by atoms with E-state index in [-0.39, 0.29) is 0 Å². The molecule has 2 aromatic rings. The van der Waals surface area contributed by atoms with Gasteiger partial charge in [-0.1, -0.05) is 11.8 Å². The first-order valence-corrected chi connectivity index (χ1v) is 6.57. The number of carbonyl (C=O) groups is 1. The summed E-state index contributed by atoms with van der Waals surface area (Å²) >= 11 is 1.37. The van der Waals surface area contributed by atoms with Crippen LogP contribution in [0.4, 0.5) is 5.82 Å². The molecule has 0 saturated carbocycles. The van der Waals surface area contributed by atoms with E-state index in [0.717, 1.165) is 0 Å². The fourth-order valence-electron chi connectivity index (χ4n) is 1.37. The third-order valence-electron chi connectivity index (χ3n) is 2.25. The lowest BCUT2D eigenvalue weighted by molar-refractivity contribution is 0.100. The van der Waals surface area contributed by atoms with Crippen molar-refractivity contribution in [2.75, 3.05) is 12.0 Å². The van der Waals surface area contributed by atoms with E-state index in [1.807, 2.05) is 6.26 Å². The first-order valence-electron chi connectivity index (χ1n) is 5.35. The van der Waals surface area contributed by atoms with Crippen molar-refractivity contribution in [1.82, 2.24) is 9.97 Å². The van der Waals surface area contributed by atoms with Gasteiger partial charge in [-0.25, -0.2) is 4.98 Å². The molecule has 1 aromatic carbocycles. The van der Waals surface area contributed by atoms with Gasteiger partial charge in [-0.15, -0.1) is 0 Å². The molecule has 0 fully saturated rings. The highest BCUT2D eigenvalue weighted by Crippen LogP contribution is 2.23. The summed E-state index contributed by atoms with van der Waals surface area (Å²) in [5.41, 5.74) is 11.2. The average molecular weight is 276 g/mol. The number of nitrogens with two attached hydrogens (primary N) is 2. The number of hydrogen-bond donors (Lipinski definition) is 2.